The second kappa shape index (κ2) is 8.89. The highest BCUT2D eigenvalue weighted by Gasteiger charge is 2.46. The van der Waals surface area contributed by atoms with Crippen molar-refractivity contribution in [1.82, 2.24) is 24.7 Å². The second-order valence-corrected chi connectivity index (χ2v) is 7.30. The molecule has 1 saturated heterocycles. The van der Waals surface area contributed by atoms with Crippen LogP contribution in [0.15, 0.2) is 24.5 Å². The minimum absolute atomic E-state index is 0.0696. The monoisotopic (exact) mass is 413 g/mol. The van der Waals surface area contributed by atoms with Crippen LogP contribution in [0.2, 0.25) is 0 Å². The van der Waals surface area contributed by atoms with Gasteiger partial charge in [-0.05, 0) is 18.6 Å². The van der Waals surface area contributed by atoms with Gasteiger partial charge in [0.15, 0.2) is 0 Å². The third kappa shape index (κ3) is 4.53. The molecule has 9 nitrogen and oxygen atoms in total. The minimum atomic E-state index is -0.979. The van der Waals surface area contributed by atoms with Gasteiger partial charge in [0.05, 0.1) is 18.7 Å². The molecule has 2 atom stereocenters. The minimum Gasteiger partial charge on any atom is -0.622 e. The zero-order valence-electron chi connectivity index (χ0n) is 14.8. The number of halogens is 1. The van der Waals surface area contributed by atoms with Gasteiger partial charge in [-0.1, -0.05) is 17.1 Å². The number of aromatic nitrogens is 3. The van der Waals surface area contributed by atoms with Crippen LogP contribution >= 0.6 is 22.9 Å². The van der Waals surface area contributed by atoms with E-state index in [0.717, 1.165) is 17.8 Å². The highest BCUT2D eigenvalue weighted by Crippen LogP contribution is 2.36. The fraction of sp³-hybridized carbons (Fsp3) is 0.500. The molecule has 0 saturated carbocycles. The van der Waals surface area contributed by atoms with Gasteiger partial charge >= 0.3 is 11.1 Å². The van der Waals surface area contributed by atoms with Gasteiger partial charge in [0.1, 0.15) is 6.67 Å². The van der Waals surface area contributed by atoms with E-state index in [4.69, 9.17) is 21.1 Å². The number of hydrogen-bond donors (Lipinski definition) is 0. The maximum absolute atomic E-state index is 13.6. The average Bonchev–Trinajstić information content (AvgIpc) is 3.27. The van der Waals surface area contributed by atoms with Crippen LogP contribution in [0.25, 0.3) is 0 Å². The summed E-state index contributed by atoms with van der Waals surface area (Å²) >= 11 is 6.89. The standard InChI is InChI=1S/C16H20ClN5O4S/c1-2-8-25-16-20-19-15(27-16)22(24)11-21(7-5-17)10-13(22)26-14(23)12-4-3-6-18-9-12/h3-4,6,9,13H,2,5,7-8,10-11H2,1H3. The predicted molar refractivity (Wildman–Crippen MR) is 101 cm³/mol. The molecular weight excluding hydrogens is 394 g/mol. The van der Waals surface area contributed by atoms with E-state index >= 15 is 0 Å². The van der Waals surface area contributed by atoms with E-state index in [-0.39, 0.29) is 23.9 Å². The van der Waals surface area contributed by atoms with Crippen molar-refractivity contribution in [2.24, 2.45) is 0 Å². The van der Waals surface area contributed by atoms with Gasteiger partial charge < -0.3 is 14.7 Å². The molecule has 3 rings (SSSR count). The quantitative estimate of drug-likeness (QED) is 0.281. The maximum atomic E-state index is 13.6. The third-order valence-corrected chi connectivity index (χ3v) is 5.10. The van der Waals surface area contributed by atoms with Gasteiger partial charge in [0.25, 0.3) is 11.4 Å². The number of nitrogens with zero attached hydrogens (tertiary/aromatic N) is 5. The van der Waals surface area contributed by atoms with E-state index in [1.54, 1.807) is 18.3 Å². The zero-order valence-corrected chi connectivity index (χ0v) is 16.4. The molecule has 0 aliphatic carbocycles. The first-order chi connectivity index (χ1) is 13.1. The summed E-state index contributed by atoms with van der Waals surface area (Å²) in [4.78, 5) is 18.2. The number of carbonyl (C=O) groups is 1. The molecule has 2 aromatic heterocycles. The Morgan fingerprint density at radius 2 is 2.37 bits per heavy atom. The lowest BCUT2D eigenvalue weighted by Gasteiger charge is -2.38. The first-order valence-electron chi connectivity index (χ1n) is 8.51. The lowest BCUT2D eigenvalue weighted by atomic mass is 10.3. The van der Waals surface area contributed by atoms with E-state index in [1.807, 2.05) is 11.8 Å². The molecule has 1 fully saturated rings. The van der Waals surface area contributed by atoms with Gasteiger partial charge in [-0.25, -0.2) is 9.69 Å². The molecule has 0 N–H and O–H groups in total. The number of esters is 1. The number of hydroxylamine groups is 2. The summed E-state index contributed by atoms with van der Waals surface area (Å²) in [5.74, 6) is -0.240. The molecule has 3 heterocycles. The van der Waals surface area contributed by atoms with Gasteiger partial charge in [0.2, 0.25) is 0 Å². The van der Waals surface area contributed by atoms with Crippen LogP contribution in [-0.4, -0.2) is 64.5 Å². The third-order valence-electron chi connectivity index (χ3n) is 3.98. The lowest BCUT2D eigenvalue weighted by molar-refractivity contribution is 0.00548. The van der Waals surface area contributed by atoms with Crippen LogP contribution in [0, 0.1) is 5.21 Å². The first kappa shape index (κ1) is 19.9. The average molecular weight is 414 g/mol. The van der Waals surface area contributed by atoms with Crippen LogP contribution in [-0.2, 0) is 4.74 Å². The highest BCUT2D eigenvalue weighted by molar-refractivity contribution is 7.16. The largest absolute Gasteiger partial charge is 0.622 e. The molecule has 0 bridgehead atoms. The smallest absolute Gasteiger partial charge is 0.344 e. The maximum Gasteiger partial charge on any atom is 0.344 e. The fourth-order valence-corrected chi connectivity index (χ4v) is 3.70. The Kier molecular flexibility index (Phi) is 6.55. The molecule has 0 radical (unpaired) electrons. The van der Waals surface area contributed by atoms with Gasteiger partial charge in [-0.15, -0.1) is 11.6 Å². The van der Waals surface area contributed by atoms with Crippen LogP contribution < -0.4 is 9.38 Å². The van der Waals surface area contributed by atoms with E-state index in [2.05, 4.69) is 15.2 Å². The van der Waals surface area contributed by atoms with Crippen molar-refractivity contribution in [2.75, 3.05) is 32.2 Å². The molecule has 0 spiro atoms. The fourth-order valence-electron chi connectivity index (χ4n) is 2.66. The van der Waals surface area contributed by atoms with Crippen molar-refractivity contribution in [3.63, 3.8) is 0 Å². The Morgan fingerprint density at radius 3 is 3.07 bits per heavy atom. The Labute approximate surface area is 165 Å². The summed E-state index contributed by atoms with van der Waals surface area (Å²) < 4.78 is 10.0. The molecule has 1 aliphatic rings. The number of pyridine rings is 1. The molecule has 1 aliphatic heterocycles. The van der Waals surface area contributed by atoms with Crippen molar-refractivity contribution in [1.29, 1.82) is 0 Å². The van der Waals surface area contributed by atoms with Crippen LogP contribution in [0.3, 0.4) is 0 Å². The van der Waals surface area contributed by atoms with Crippen molar-refractivity contribution in [2.45, 2.75) is 19.6 Å². The van der Waals surface area contributed by atoms with E-state index in [0.29, 0.717) is 24.2 Å². The Balaban J connectivity index is 1.80. The van der Waals surface area contributed by atoms with Crippen LogP contribution in [0.1, 0.15) is 23.7 Å². The molecule has 0 amide bonds. The Hall–Kier alpha value is -1.85. The van der Waals surface area contributed by atoms with E-state index in [9.17, 15) is 10.0 Å². The number of hydrogen-bond acceptors (Lipinski definition) is 9. The van der Waals surface area contributed by atoms with Crippen LogP contribution in [0.5, 0.6) is 5.19 Å². The van der Waals surface area contributed by atoms with Crippen molar-refractivity contribution in [3.8, 4) is 5.19 Å². The summed E-state index contributed by atoms with van der Waals surface area (Å²) in [7, 11) is 0. The molecular formula is C16H20ClN5O4S. The molecule has 2 aromatic rings. The van der Waals surface area contributed by atoms with Crippen molar-refractivity contribution >= 4 is 34.0 Å². The van der Waals surface area contributed by atoms with Crippen molar-refractivity contribution < 1.29 is 14.3 Å². The SMILES string of the molecule is CCCOc1nnc([N+]2([O-])CN(CCCl)CC2OC(=O)c2cccnc2)s1. The summed E-state index contributed by atoms with van der Waals surface area (Å²) in [6.45, 7) is 3.29. The van der Waals surface area contributed by atoms with E-state index < -0.39 is 16.8 Å². The molecule has 2 unspecified atom stereocenters. The van der Waals surface area contributed by atoms with E-state index in [1.165, 1.54) is 6.20 Å². The van der Waals surface area contributed by atoms with Crippen LogP contribution in [0.4, 0.5) is 5.13 Å². The first-order valence-corrected chi connectivity index (χ1v) is 9.87. The number of ether oxygens (including phenoxy) is 2. The molecule has 0 aromatic carbocycles. The molecule has 27 heavy (non-hydrogen) atoms. The summed E-state index contributed by atoms with van der Waals surface area (Å²) in [6.07, 6.45) is 2.80. The topological polar surface area (TPSA) is 101 Å². The Bertz CT molecular complexity index is 764. The van der Waals surface area contributed by atoms with Gasteiger partial charge in [-0.2, -0.15) is 0 Å². The molecule has 146 valence electrons. The van der Waals surface area contributed by atoms with Crippen molar-refractivity contribution in [3.05, 3.63) is 35.3 Å². The normalized spacial score (nSPS) is 22.7. The number of quaternary nitrogens is 1. The lowest BCUT2D eigenvalue weighted by Crippen LogP contribution is -2.51. The van der Waals surface area contributed by atoms with Gasteiger partial charge in [-0.3, -0.25) is 9.63 Å². The zero-order chi connectivity index (χ0) is 19.3. The number of carbonyl (C=O) groups excluding carboxylic acids is 1. The Morgan fingerprint density at radius 1 is 1.52 bits per heavy atom. The second-order valence-electron chi connectivity index (χ2n) is 6.00. The number of rotatable bonds is 8. The summed E-state index contributed by atoms with van der Waals surface area (Å²) in [5.41, 5.74) is 0.282. The summed E-state index contributed by atoms with van der Waals surface area (Å²) in [5, 5.41) is 22.0. The van der Waals surface area contributed by atoms with Gasteiger partial charge in [0, 0.05) is 36.2 Å². The molecule has 11 heteroatoms. The summed E-state index contributed by atoms with van der Waals surface area (Å²) in [6, 6.07) is 3.22. The number of alkyl halides is 1. The predicted octanol–water partition coefficient (Wildman–Crippen LogP) is 2.22. The highest BCUT2D eigenvalue weighted by atomic mass is 35.5.